The van der Waals surface area contributed by atoms with Crippen molar-refractivity contribution in [2.45, 2.75) is 51.6 Å². The summed E-state index contributed by atoms with van der Waals surface area (Å²) in [6.07, 6.45) is 2.43. The lowest BCUT2D eigenvalue weighted by Gasteiger charge is -2.33. The lowest BCUT2D eigenvalue weighted by Crippen LogP contribution is -2.50. The summed E-state index contributed by atoms with van der Waals surface area (Å²) in [7, 11) is 0. The summed E-state index contributed by atoms with van der Waals surface area (Å²) in [5.74, 6) is -1.82. The molecule has 1 fully saturated rings. The first-order chi connectivity index (χ1) is 7.05. The Balaban J connectivity index is 2.83. The van der Waals surface area contributed by atoms with Crippen LogP contribution in [0.2, 0.25) is 0 Å². The van der Waals surface area contributed by atoms with Crippen molar-refractivity contribution in [3.8, 4) is 0 Å². The van der Waals surface area contributed by atoms with Gasteiger partial charge in [0.25, 0.3) is 0 Å². The van der Waals surface area contributed by atoms with Crippen LogP contribution < -0.4 is 0 Å². The van der Waals surface area contributed by atoms with Gasteiger partial charge in [-0.2, -0.15) is 0 Å². The van der Waals surface area contributed by atoms with E-state index in [9.17, 15) is 14.4 Å². The Kier molecular flexibility index (Phi) is 3.61. The van der Waals surface area contributed by atoms with Gasteiger partial charge in [0, 0.05) is 0 Å². The Labute approximate surface area is 89.0 Å². The van der Waals surface area contributed by atoms with E-state index in [-0.39, 0.29) is 12.2 Å². The maximum absolute atomic E-state index is 11.7. The molecule has 1 unspecified atom stereocenters. The Morgan fingerprint density at radius 1 is 1.27 bits per heavy atom. The summed E-state index contributed by atoms with van der Waals surface area (Å²) in [6, 6.07) is 0. The van der Waals surface area contributed by atoms with E-state index >= 15 is 0 Å². The number of rotatable bonds is 4. The third-order valence-electron chi connectivity index (χ3n) is 2.85. The van der Waals surface area contributed by atoms with Gasteiger partial charge in [-0.05, 0) is 19.3 Å². The monoisotopic (exact) mass is 212 g/mol. The Hall–Kier alpha value is -1.19. The molecule has 15 heavy (non-hydrogen) atoms. The molecule has 0 aromatic heterocycles. The maximum atomic E-state index is 11.7. The van der Waals surface area contributed by atoms with Gasteiger partial charge in [-0.1, -0.05) is 20.3 Å². The number of ether oxygens (including phenoxy) is 1. The quantitative estimate of drug-likeness (QED) is 0.401. The second-order valence-corrected chi connectivity index (χ2v) is 3.86. The van der Waals surface area contributed by atoms with Gasteiger partial charge in [-0.15, -0.1) is 0 Å². The molecule has 1 rings (SSSR count). The third-order valence-corrected chi connectivity index (χ3v) is 2.85. The zero-order valence-electron chi connectivity index (χ0n) is 9.17. The van der Waals surface area contributed by atoms with Crippen molar-refractivity contribution in [1.29, 1.82) is 0 Å². The third kappa shape index (κ3) is 2.25. The second-order valence-electron chi connectivity index (χ2n) is 3.86. The van der Waals surface area contributed by atoms with Gasteiger partial charge >= 0.3 is 5.97 Å². The molecule has 0 bridgehead atoms. The summed E-state index contributed by atoms with van der Waals surface area (Å²) in [5, 5.41) is 0. The molecule has 0 saturated carbocycles. The van der Waals surface area contributed by atoms with Crippen molar-refractivity contribution < 1.29 is 19.1 Å². The van der Waals surface area contributed by atoms with Crippen molar-refractivity contribution >= 4 is 17.5 Å². The van der Waals surface area contributed by atoms with Crippen LogP contribution in [0.5, 0.6) is 0 Å². The highest BCUT2D eigenvalue weighted by atomic mass is 16.6. The van der Waals surface area contributed by atoms with Crippen molar-refractivity contribution in [2.75, 3.05) is 0 Å². The highest BCUT2D eigenvalue weighted by Gasteiger charge is 2.46. The van der Waals surface area contributed by atoms with Gasteiger partial charge in [0.15, 0.2) is 11.4 Å². The molecule has 0 aromatic rings. The first kappa shape index (κ1) is 11.9. The first-order valence-electron chi connectivity index (χ1n) is 5.35. The first-order valence-corrected chi connectivity index (χ1v) is 5.35. The summed E-state index contributed by atoms with van der Waals surface area (Å²) >= 11 is 0. The molecule has 1 heterocycles. The van der Waals surface area contributed by atoms with E-state index in [2.05, 4.69) is 0 Å². The molecule has 0 N–H and O–H groups in total. The molecule has 0 aromatic carbocycles. The minimum atomic E-state index is -1.03. The number of unbranched alkanes of at least 4 members (excludes halogenated alkanes) is 1. The molecule has 1 aliphatic heterocycles. The number of carbonyl (C=O) groups excluding carboxylic acids is 3. The Morgan fingerprint density at radius 3 is 2.47 bits per heavy atom. The van der Waals surface area contributed by atoms with E-state index in [1.54, 1.807) is 6.92 Å². The van der Waals surface area contributed by atoms with Crippen LogP contribution in [0.15, 0.2) is 0 Å². The van der Waals surface area contributed by atoms with Crippen molar-refractivity contribution in [3.05, 3.63) is 0 Å². The van der Waals surface area contributed by atoms with E-state index in [1.807, 2.05) is 6.92 Å². The largest absolute Gasteiger partial charge is 0.445 e. The van der Waals surface area contributed by atoms with Gasteiger partial charge < -0.3 is 4.74 Å². The smallest absolute Gasteiger partial charge is 0.376 e. The fourth-order valence-corrected chi connectivity index (χ4v) is 1.77. The number of hydrogen-bond donors (Lipinski definition) is 0. The number of esters is 1. The molecule has 1 atom stereocenters. The minimum absolute atomic E-state index is 0.247. The van der Waals surface area contributed by atoms with Gasteiger partial charge in [0.05, 0.1) is 6.42 Å². The van der Waals surface area contributed by atoms with E-state index in [1.165, 1.54) is 0 Å². The fraction of sp³-hybridized carbons (Fsp3) is 0.727. The molecule has 4 heteroatoms. The maximum Gasteiger partial charge on any atom is 0.376 e. The van der Waals surface area contributed by atoms with Gasteiger partial charge in [-0.25, -0.2) is 4.79 Å². The van der Waals surface area contributed by atoms with E-state index < -0.39 is 17.4 Å². The molecule has 1 aliphatic rings. The molecule has 0 spiro atoms. The minimum Gasteiger partial charge on any atom is -0.445 e. The summed E-state index contributed by atoms with van der Waals surface area (Å²) in [4.78, 5) is 33.9. The Morgan fingerprint density at radius 2 is 1.93 bits per heavy atom. The fourth-order valence-electron chi connectivity index (χ4n) is 1.77. The predicted octanol–water partition coefficient (Wildman–Crippen LogP) is 1.41. The van der Waals surface area contributed by atoms with Crippen molar-refractivity contribution in [1.82, 2.24) is 0 Å². The highest BCUT2D eigenvalue weighted by molar-refractivity contribution is 6.39. The van der Waals surface area contributed by atoms with E-state index in [0.717, 1.165) is 12.8 Å². The molecular formula is C11H16O4. The predicted molar refractivity (Wildman–Crippen MR) is 53.3 cm³/mol. The molecule has 0 aliphatic carbocycles. The van der Waals surface area contributed by atoms with Crippen LogP contribution in [-0.4, -0.2) is 23.1 Å². The second kappa shape index (κ2) is 4.55. The van der Waals surface area contributed by atoms with Gasteiger partial charge in [0.1, 0.15) is 0 Å². The van der Waals surface area contributed by atoms with Crippen LogP contribution in [0.25, 0.3) is 0 Å². The topological polar surface area (TPSA) is 60.4 Å². The molecule has 84 valence electrons. The van der Waals surface area contributed by atoms with E-state index in [0.29, 0.717) is 12.8 Å². The van der Waals surface area contributed by atoms with Gasteiger partial charge in [-0.3, -0.25) is 9.59 Å². The van der Waals surface area contributed by atoms with Crippen LogP contribution in [0.4, 0.5) is 0 Å². The highest BCUT2D eigenvalue weighted by Crippen LogP contribution is 2.29. The lowest BCUT2D eigenvalue weighted by molar-refractivity contribution is -0.179. The van der Waals surface area contributed by atoms with Crippen LogP contribution in [0.3, 0.4) is 0 Å². The lowest BCUT2D eigenvalue weighted by atomic mass is 9.84. The molecule has 1 saturated heterocycles. The summed E-state index contributed by atoms with van der Waals surface area (Å²) in [5.41, 5.74) is -1.03. The molecule has 0 amide bonds. The SMILES string of the molecule is CCCCC1(CC)OC(=O)C(=O)CC1=O. The summed E-state index contributed by atoms with van der Waals surface area (Å²) in [6.45, 7) is 3.81. The van der Waals surface area contributed by atoms with Crippen molar-refractivity contribution in [3.63, 3.8) is 0 Å². The van der Waals surface area contributed by atoms with Crippen LogP contribution >= 0.6 is 0 Å². The van der Waals surface area contributed by atoms with Crippen LogP contribution in [-0.2, 0) is 19.1 Å². The number of cyclic esters (lactones) is 1. The molecule has 4 nitrogen and oxygen atoms in total. The molecule has 0 radical (unpaired) electrons. The van der Waals surface area contributed by atoms with Crippen molar-refractivity contribution in [2.24, 2.45) is 0 Å². The van der Waals surface area contributed by atoms with Crippen LogP contribution in [0.1, 0.15) is 46.0 Å². The van der Waals surface area contributed by atoms with E-state index in [4.69, 9.17) is 4.74 Å². The summed E-state index contributed by atoms with van der Waals surface area (Å²) < 4.78 is 5.01. The zero-order chi connectivity index (χ0) is 11.5. The van der Waals surface area contributed by atoms with Crippen LogP contribution in [0, 0.1) is 0 Å². The zero-order valence-corrected chi connectivity index (χ0v) is 9.17. The molecular weight excluding hydrogens is 196 g/mol. The number of Topliss-reactive ketones (excluding diaryl/α,β-unsaturated/α-hetero) is 2. The normalized spacial score (nSPS) is 26.7. The average molecular weight is 212 g/mol. The Bertz CT molecular complexity index is 295. The average Bonchev–Trinajstić information content (AvgIpc) is 2.22. The standard InChI is InChI=1S/C11H16O4/c1-3-5-6-11(4-2)9(13)7-8(12)10(14)15-11/h3-7H2,1-2H3. The van der Waals surface area contributed by atoms with Gasteiger partial charge in [0.2, 0.25) is 5.78 Å². The number of ketones is 2. The number of carbonyl (C=O) groups is 3. The number of hydrogen-bond acceptors (Lipinski definition) is 4.